The Morgan fingerprint density at radius 1 is 1.00 bits per heavy atom. The van der Waals surface area contributed by atoms with Crippen molar-refractivity contribution < 1.29 is 36.6 Å². The highest BCUT2D eigenvalue weighted by molar-refractivity contribution is 7.89. The van der Waals surface area contributed by atoms with Crippen molar-refractivity contribution >= 4 is 16.0 Å². The Labute approximate surface area is 250 Å². The van der Waals surface area contributed by atoms with Gasteiger partial charge in [-0.25, -0.2) is 8.42 Å². The van der Waals surface area contributed by atoms with Gasteiger partial charge in [0.25, 0.3) is 0 Å². The number of benzene rings is 3. The lowest BCUT2D eigenvalue weighted by molar-refractivity contribution is -0.140. The van der Waals surface area contributed by atoms with Crippen molar-refractivity contribution in [3.05, 3.63) is 89.0 Å². The number of β-amino-alcohol motifs (C(OH)–C–C–N with tert-alkyl or cyclic N) is 1. The number of fused-ring (bicyclic) bond motifs is 1. The third-order valence-electron chi connectivity index (χ3n) is 7.83. The van der Waals surface area contributed by atoms with E-state index in [-0.39, 0.29) is 24.1 Å². The number of carbonyl (C=O) groups is 1. The predicted molar refractivity (Wildman–Crippen MR) is 158 cm³/mol. The van der Waals surface area contributed by atoms with Gasteiger partial charge in [-0.2, -0.15) is 17.5 Å². The Bertz CT molecular complexity index is 1530. The molecule has 0 aliphatic heterocycles. The first-order valence-corrected chi connectivity index (χ1v) is 15.5. The molecule has 1 aliphatic rings. The molecular formula is C32H37F3N2O5S. The van der Waals surface area contributed by atoms with Crippen LogP contribution >= 0.6 is 0 Å². The van der Waals surface area contributed by atoms with E-state index in [2.05, 4.69) is 17.4 Å². The third-order valence-corrected chi connectivity index (χ3v) is 9.72. The maximum Gasteiger partial charge on any atom is 0.417 e. The van der Waals surface area contributed by atoms with Gasteiger partial charge in [-0.05, 0) is 79.0 Å². The number of aliphatic hydroxyl groups is 1. The summed E-state index contributed by atoms with van der Waals surface area (Å²) in [7, 11) is -3.46. The molecule has 0 saturated carbocycles. The van der Waals surface area contributed by atoms with Crippen molar-refractivity contribution in [2.24, 2.45) is 5.92 Å². The van der Waals surface area contributed by atoms with E-state index in [9.17, 15) is 31.5 Å². The second-order valence-electron chi connectivity index (χ2n) is 11.9. The van der Waals surface area contributed by atoms with Gasteiger partial charge in [0, 0.05) is 25.7 Å². The number of sulfonamides is 1. The minimum absolute atomic E-state index is 0.0649. The number of nitrogens with zero attached hydrogens (tertiary/aromatic N) is 1. The number of likely N-dealkylation sites (N-methyl/N-ethyl adjacent to an activating group) is 1. The molecule has 3 N–H and O–H groups in total. The van der Waals surface area contributed by atoms with Gasteiger partial charge in [0.1, 0.15) is 0 Å². The zero-order valence-electron chi connectivity index (χ0n) is 24.4. The highest BCUT2D eigenvalue weighted by Crippen LogP contribution is 2.38. The van der Waals surface area contributed by atoms with Gasteiger partial charge < -0.3 is 15.5 Å². The molecule has 0 unspecified atom stereocenters. The zero-order valence-corrected chi connectivity index (χ0v) is 25.2. The monoisotopic (exact) mass is 618 g/mol. The Morgan fingerprint density at radius 3 is 2.14 bits per heavy atom. The van der Waals surface area contributed by atoms with Gasteiger partial charge in [0.15, 0.2) is 0 Å². The maximum absolute atomic E-state index is 14.1. The van der Waals surface area contributed by atoms with Gasteiger partial charge in [-0.1, -0.05) is 54.6 Å². The van der Waals surface area contributed by atoms with E-state index in [0.29, 0.717) is 17.0 Å². The standard InChI is InChI=1S/C32H37F3N2O5S/c1-31(2,18-22-14-24-6-4-5-7-25(24)15-22)36-19-27(38)20-37(3)43(41,42)29-13-12-26(17-28(29)32(33,34)35)23-10-8-21(9-11-23)16-30(39)40/h4-13,17,22,27,36,38H,14-16,18-20H2,1-3H3,(H,39,40)/t27-/m1/s1. The minimum Gasteiger partial charge on any atom is -0.481 e. The highest BCUT2D eigenvalue weighted by Gasteiger charge is 2.39. The number of carboxylic acid groups (broad SMARTS) is 1. The van der Waals surface area contributed by atoms with Crippen molar-refractivity contribution in [2.75, 3.05) is 20.1 Å². The summed E-state index contributed by atoms with van der Waals surface area (Å²) in [5.74, 6) is -0.600. The van der Waals surface area contributed by atoms with E-state index in [1.165, 1.54) is 41.5 Å². The maximum atomic E-state index is 14.1. The van der Waals surface area contributed by atoms with E-state index in [0.717, 1.165) is 42.7 Å². The summed E-state index contributed by atoms with van der Waals surface area (Å²) >= 11 is 0. The summed E-state index contributed by atoms with van der Waals surface area (Å²) in [4.78, 5) is 10.00. The van der Waals surface area contributed by atoms with Crippen LogP contribution in [-0.4, -0.2) is 60.7 Å². The van der Waals surface area contributed by atoms with Crippen LogP contribution in [0.2, 0.25) is 0 Å². The van der Waals surface area contributed by atoms with Gasteiger partial charge in [-0.3, -0.25) is 4.79 Å². The summed E-state index contributed by atoms with van der Waals surface area (Å²) in [6.07, 6.45) is -3.56. The van der Waals surface area contributed by atoms with Gasteiger partial charge in [0.05, 0.1) is 23.0 Å². The summed E-state index contributed by atoms with van der Waals surface area (Å²) in [6.45, 7) is 3.69. The molecule has 0 radical (unpaired) electrons. The van der Waals surface area contributed by atoms with Gasteiger partial charge in [-0.15, -0.1) is 0 Å². The first-order chi connectivity index (χ1) is 20.0. The molecule has 0 aromatic heterocycles. The van der Waals surface area contributed by atoms with Crippen molar-refractivity contribution in [1.82, 2.24) is 9.62 Å². The summed E-state index contributed by atoms with van der Waals surface area (Å²) < 4.78 is 69.7. The fourth-order valence-electron chi connectivity index (χ4n) is 5.76. The summed E-state index contributed by atoms with van der Waals surface area (Å²) in [5, 5.41) is 22.9. The van der Waals surface area contributed by atoms with E-state index in [1.54, 1.807) is 0 Å². The van der Waals surface area contributed by atoms with Crippen molar-refractivity contribution in [3.8, 4) is 11.1 Å². The first kappa shape index (κ1) is 32.7. The molecule has 0 amide bonds. The second-order valence-corrected chi connectivity index (χ2v) is 13.9. The minimum atomic E-state index is -4.97. The molecule has 7 nitrogen and oxygen atoms in total. The number of halogens is 3. The molecular weight excluding hydrogens is 581 g/mol. The zero-order chi connectivity index (χ0) is 31.6. The largest absolute Gasteiger partial charge is 0.481 e. The molecule has 3 aromatic rings. The quantitative estimate of drug-likeness (QED) is 0.259. The normalized spacial score (nSPS) is 15.1. The highest BCUT2D eigenvalue weighted by atomic mass is 32.2. The molecule has 4 rings (SSSR count). The van der Waals surface area contributed by atoms with E-state index >= 15 is 0 Å². The van der Waals surface area contributed by atoms with Crippen molar-refractivity contribution in [3.63, 3.8) is 0 Å². The fraction of sp³-hybridized carbons (Fsp3) is 0.406. The Morgan fingerprint density at radius 2 is 1.58 bits per heavy atom. The molecule has 0 fully saturated rings. The lowest BCUT2D eigenvalue weighted by Gasteiger charge is -2.31. The molecule has 3 aromatic carbocycles. The number of aliphatic carboxylic acids is 1. The number of nitrogens with one attached hydrogen (secondary N) is 1. The SMILES string of the molecule is CN(C[C@H](O)CNC(C)(C)CC1Cc2ccccc2C1)S(=O)(=O)c1ccc(-c2ccc(CC(=O)O)cc2)cc1C(F)(F)F. The van der Waals surface area contributed by atoms with Crippen LogP contribution in [0.15, 0.2) is 71.6 Å². The van der Waals surface area contributed by atoms with Crippen LogP contribution in [-0.2, 0) is 40.3 Å². The number of alkyl halides is 3. The van der Waals surface area contributed by atoms with Crippen molar-refractivity contribution in [2.45, 2.75) is 62.2 Å². The average Bonchev–Trinajstić information content (AvgIpc) is 3.33. The number of hydrogen-bond acceptors (Lipinski definition) is 5. The summed E-state index contributed by atoms with van der Waals surface area (Å²) in [6, 6.07) is 17.3. The fourth-order valence-corrected chi connectivity index (χ4v) is 7.15. The Kier molecular flexibility index (Phi) is 9.70. The second kappa shape index (κ2) is 12.8. The van der Waals surface area contributed by atoms with Crippen molar-refractivity contribution in [1.29, 1.82) is 0 Å². The average molecular weight is 619 g/mol. The number of hydrogen-bond donors (Lipinski definition) is 3. The van der Waals surface area contributed by atoms with Crippen LogP contribution in [0.4, 0.5) is 13.2 Å². The third kappa shape index (κ3) is 8.23. The molecule has 0 heterocycles. The van der Waals surface area contributed by atoms with Gasteiger partial charge in [0.2, 0.25) is 10.0 Å². The van der Waals surface area contributed by atoms with Crippen LogP contribution < -0.4 is 5.32 Å². The number of aliphatic hydroxyl groups excluding tert-OH is 1. The molecule has 1 atom stereocenters. The van der Waals surface area contributed by atoms with Crippen LogP contribution in [0.1, 0.15) is 42.5 Å². The van der Waals surface area contributed by atoms with Crippen LogP contribution in [0.3, 0.4) is 0 Å². The molecule has 0 spiro atoms. The van der Waals surface area contributed by atoms with Gasteiger partial charge >= 0.3 is 12.1 Å². The smallest absolute Gasteiger partial charge is 0.417 e. The summed E-state index contributed by atoms with van der Waals surface area (Å²) in [5.41, 5.74) is 2.00. The van der Waals surface area contributed by atoms with E-state index in [4.69, 9.17) is 5.11 Å². The lowest BCUT2D eigenvalue weighted by atomic mass is 9.88. The van der Waals surface area contributed by atoms with Crippen LogP contribution in [0.5, 0.6) is 0 Å². The topological polar surface area (TPSA) is 107 Å². The molecule has 0 saturated heterocycles. The molecule has 232 valence electrons. The van der Waals surface area contributed by atoms with E-state index < -0.39 is 45.3 Å². The number of carboxylic acids is 1. The van der Waals surface area contributed by atoms with Crippen LogP contribution in [0, 0.1) is 5.92 Å². The molecule has 0 bridgehead atoms. The Balaban J connectivity index is 1.42. The van der Waals surface area contributed by atoms with Crippen LogP contribution in [0.25, 0.3) is 11.1 Å². The number of rotatable bonds is 12. The molecule has 11 heteroatoms. The Hall–Kier alpha value is -3.25. The molecule has 1 aliphatic carbocycles. The lowest BCUT2D eigenvalue weighted by Crippen LogP contribution is -2.47. The molecule has 43 heavy (non-hydrogen) atoms. The van der Waals surface area contributed by atoms with E-state index in [1.807, 2.05) is 26.0 Å². The predicted octanol–water partition coefficient (Wildman–Crippen LogP) is 5.15. The first-order valence-electron chi connectivity index (χ1n) is 14.0.